The smallest absolute Gasteiger partial charge is 0.187 e. The van der Waals surface area contributed by atoms with E-state index >= 15 is 0 Å². The number of nitrogen functional groups attached to an aromatic ring is 1. The van der Waals surface area contributed by atoms with E-state index < -0.39 is 11.4 Å². The van der Waals surface area contributed by atoms with Gasteiger partial charge < -0.3 is 10.2 Å². The van der Waals surface area contributed by atoms with Crippen molar-refractivity contribution in [3.63, 3.8) is 0 Å². The summed E-state index contributed by atoms with van der Waals surface area (Å²) in [7, 11) is 0. The van der Waals surface area contributed by atoms with Crippen LogP contribution in [0.5, 0.6) is 0 Å². The summed E-state index contributed by atoms with van der Waals surface area (Å²) >= 11 is 0. The molecule has 3 N–H and O–H groups in total. The molecule has 0 bridgehead atoms. The average Bonchev–Trinajstić information content (AvgIpc) is 2.33. The lowest BCUT2D eigenvalue weighted by Gasteiger charge is -2.32. The second-order valence-corrected chi connectivity index (χ2v) is 4.48. The van der Waals surface area contributed by atoms with Crippen molar-refractivity contribution >= 4 is 5.82 Å². The minimum Gasteiger partial charge on any atom is -0.367 e. The number of rotatable bonds is 2. The van der Waals surface area contributed by atoms with Crippen LogP contribution >= 0.6 is 0 Å². The van der Waals surface area contributed by atoms with Gasteiger partial charge in [0.25, 0.3) is 0 Å². The van der Waals surface area contributed by atoms with Crippen LogP contribution < -0.4 is 11.3 Å². The van der Waals surface area contributed by atoms with E-state index in [9.17, 15) is 4.39 Å². The SMILES string of the molecule is Cc1nc(C2(C)CCCCO2)nc(NN)c1F. The Balaban J connectivity index is 2.41. The van der Waals surface area contributed by atoms with Crippen molar-refractivity contribution in [1.82, 2.24) is 9.97 Å². The molecular formula is C11H17FN4O. The Morgan fingerprint density at radius 1 is 1.41 bits per heavy atom. The van der Waals surface area contributed by atoms with Gasteiger partial charge in [-0.25, -0.2) is 20.2 Å². The minimum atomic E-state index is -0.539. The molecule has 1 aliphatic rings. The number of hydrogen-bond donors (Lipinski definition) is 2. The number of aromatic nitrogens is 2. The van der Waals surface area contributed by atoms with Gasteiger partial charge in [0, 0.05) is 6.61 Å². The lowest BCUT2D eigenvalue weighted by Crippen LogP contribution is -2.33. The van der Waals surface area contributed by atoms with E-state index in [1.165, 1.54) is 0 Å². The fourth-order valence-corrected chi connectivity index (χ4v) is 2.00. The Kier molecular flexibility index (Phi) is 3.26. The second kappa shape index (κ2) is 4.54. The van der Waals surface area contributed by atoms with Crippen LogP contribution in [0.4, 0.5) is 10.2 Å². The normalized spacial score (nSPS) is 24.7. The van der Waals surface area contributed by atoms with Crippen LogP contribution in [-0.2, 0) is 10.3 Å². The van der Waals surface area contributed by atoms with Crippen molar-refractivity contribution in [3.8, 4) is 0 Å². The number of hydrogen-bond acceptors (Lipinski definition) is 5. The Morgan fingerprint density at radius 2 is 2.18 bits per heavy atom. The Labute approximate surface area is 99.6 Å². The Hall–Kier alpha value is -1.27. The van der Waals surface area contributed by atoms with E-state index in [1.54, 1.807) is 6.92 Å². The maximum atomic E-state index is 13.6. The molecule has 0 radical (unpaired) electrons. The number of ether oxygens (including phenoxy) is 1. The van der Waals surface area contributed by atoms with E-state index in [4.69, 9.17) is 10.6 Å². The lowest BCUT2D eigenvalue weighted by atomic mass is 9.95. The third-order valence-electron chi connectivity index (χ3n) is 3.10. The number of nitrogens with one attached hydrogen (secondary N) is 1. The van der Waals surface area contributed by atoms with Gasteiger partial charge in [0.2, 0.25) is 0 Å². The summed E-state index contributed by atoms with van der Waals surface area (Å²) < 4.78 is 19.3. The summed E-state index contributed by atoms with van der Waals surface area (Å²) in [5.74, 6) is 5.23. The van der Waals surface area contributed by atoms with Crippen LogP contribution in [0.1, 0.15) is 37.7 Å². The molecule has 1 fully saturated rings. The van der Waals surface area contributed by atoms with Crippen molar-refractivity contribution in [2.24, 2.45) is 5.84 Å². The zero-order valence-electron chi connectivity index (χ0n) is 10.1. The quantitative estimate of drug-likeness (QED) is 0.607. The molecular weight excluding hydrogens is 223 g/mol. The largest absolute Gasteiger partial charge is 0.367 e. The summed E-state index contributed by atoms with van der Waals surface area (Å²) in [4.78, 5) is 8.27. The van der Waals surface area contributed by atoms with Crippen LogP contribution in [0.25, 0.3) is 0 Å². The summed E-state index contributed by atoms with van der Waals surface area (Å²) in [6.07, 6.45) is 2.93. The number of aryl methyl sites for hydroxylation is 1. The van der Waals surface area contributed by atoms with Crippen molar-refractivity contribution < 1.29 is 9.13 Å². The molecule has 2 rings (SSSR count). The third-order valence-corrected chi connectivity index (χ3v) is 3.10. The highest BCUT2D eigenvalue weighted by Crippen LogP contribution is 2.33. The van der Waals surface area contributed by atoms with Crippen molar-refractivity contribution in [3.05, 3.63) is 17.3 Å². The number of nitrogens with two attached hydrogens (primary N) is 1. The van der Waals surface area contributed by atoms with Gasteiger partial charge in [-0.2, -0.15) is 0 Å². The molecule has 0 amide bonds. The minimum absolute atomic E-state index is 0.0166. The van der Waals surface area contributed by atoms with Gasteiger partial charge in [-0.1, -0.05) is 0 Å². The van der Waals surface area contributed by atoms with Crippen LogP contribution in [0.15, 0.2) is 0 Å². The van der Waals surface area contributed by atoms with Crippen molar-refractivity contribution in [2.45, 2.75) is 38.7 Å². The molecule has 0 saturated carbocycles. The molecule has 1 atom stereocenters. The molecule has 94 valence electrons. The summed E-state index contributed by atoms with van der Waals surface area (Å²) in [5.41, 5.74) is 1.99. The fourth-order valence-electron chi connectivity index (χ4n) is 2.00. The fraction of sp³-hybridized carbons (Fsp3) is 0.636. The Morgan fingerprint density at radius 3 is 2.76 bits per heavy atom. The number of halogens is 1. The van der Waals surface area contributed by atoms with Gasteiger partial charge in [-0.3, -0.25) is 0 Å². The molecule has 1 aromatic heterocycles. The van der Waals surface area contributed by atoms with Crippen LogP contribution in [0.3, 0.4) is 0 Å². The van der Waals surface area contributed by atoms with Crippen LogP contribution in [-0.4, -0.2) is 16.6 Å². The maximum absolute atomic E-state index is 13.6. The van der Waals surface area contributed by atoms with Crippen LogP contribution in [0, 0.1) is 12.7 Å². The lowest BCUT2D eigenvalue weighted by molar-refractivity contribution is -0.0761. The van der Waals surface area contributed by atoms with Gasteiger partial charge >= 0.3 is 0 Å². The predicted molar refractivity (Wildman–Crippen MR) is 61.7 cm³/mol. The highest BCUT2D eigenvalue weighted by atomic mass is 19.1. The molecule has 0 aliphatic carbocycles. The highest BCUT2D eigenvalue weighted by molar-refractivity contribution is 5.37. The number of nitrogens with zero attached hydrogens (tertiary/aromatic N) is 2. The zero-order chi connectivity index (χ0) is 12.5. The van der Waals surface area contributed by atoms with Crippen molar-refractivity contribution in [1.29, 1.82) is 0 Å². The van der Waals surface area contributed by atoms with Crippen molar-refractivity contribution in [2.75, 3.05) is 12.0 Å². The standard InChI is InChI=1S/C11H17FN4O/c1-7-8(12)9(16-13)15-10(14-7)11(2)5-3-4-6-17-11/h3-6,13H2,1-2H3,(H,14,15,16). The average molecular weight is 240 g/mol. The third kappa shape index (κ3) is 2.23. The van der Waals surface area contributed by atoms with E-state index in [2.05, 4.69) is 15.4 Å². The summed E-state index contributed by atoms with van der Waals surface area (Å²) in [5, 5.41) is 0. The van der Waals surface area contributed by atoms with E-state index in [-0.39, 0.29) is 11.5 Å². The predicted octanol–water partition coefficient (Wildman–Crippen LogP) is 1.63. The molecule has 1 aromatic rings. The molecule has 0 aromatic carbocycles. The van der Waals surface area contributed by atoms with Gasteiger partial charge in [-0.15, -0.1) is 0 Å². The maximum Gasteiger partial charge on any atom is 0.187 e. The molecule has 6 heteroatoms. The molecule has 5 nitrogen and oxygen atoms in total. The molecule has 1 saturated heterocycles. The number of anilines is 1. The van der Waals surface area contributed by atoms with Gasteiger partial charge in [0.1, 0.15) is 5.60 Å². The van der Waals surface area contributed by atoms with E-state index in [0.717, 1.165) is 19.3 Å². The van der Waals surface area contributed by atoms with Crippen LogP contribution in [0.2, 0.25) is 0 Å². The molecule has 1 aliphatic heterocycles. The van der Waals surface area contributed by atoms with E-state index in [0.29, 0.717) is 12.4 Å². The van der Waals surface area contributed by atoms with Gasteiger partial charge in [0.05, 0.1) is 5.69 Å². The molecule has 2 heterocycles. The summed E-state index contributed by atoms with van der Waals surface area (Å²) in [6, 6.07) is 0. The number of hydrazine groups is 1. The first kappa shape index (κ1) is 12.2. The first-order chi connectivity index (χ1) is 8.07. The molecule has 17 heavy (non-hydrogen) atoms. The second-order valence-electron chi connectivity index (χ2n) is 4.48. The first-order valence-corrected chi connectivity index (χ1v) is 5.72. The van der Waals surface area contributed by atoms with E-state index in [1.807, 2.05) is 6.92 Å². The Bertz CT molecular complexity index is 418. The highest BCUT2D eigenvalue weighted by Gasteiger charge is 2.34. The molecule has 1 unspecified atom stereocenters. The topological polar surface area (TPSA) is 73.1 Å². The first-order valence-electron chi connectivity index (χ1n) is 5.72. The molecule has 0 spiro atoms. The summed E-state index contributed by atoms with van der Waals surface area (Å²) in [6.45, 7) is 4.20. The van der Waals surface area contributed by atoms with Gasteiger partial charge in [0.15, 0.2) is 17.5 Å². The monoisotopic (exact) mass is 240 g/mol. The zero-order valence-corrected chi connectivity index (χ0v) is 10.1. The van der Waals surface area contributed by atoms with Gasteiger partial charge in [-0.05, 0) is 33.1 Å².